The van der Waals surface area contributed by atoms with Gasteiger partial charge in [-0.15, -0.1) is 0 Å². The van der Waals surface area contributed by atoms with E-state index in [1.807, 2.05) is 24.3 Å². The Hall–Kier alpha value is -2.81. The van der Waals surface area contributed by atoms with Crippen LogP contribution in [0.4, 0.5) is 0 Å². The van der Waals surface area contributed by atoms with Crippen LogP contribution in [0.3, 0.4) is 0 Å². The number of carbonyl (C=O) groups is 1. The molecule has 0 saturated heterocycles. The predicted molar refractivity (Wildman–Crippen MR) is 155 cm³/mol. The molecule has 1 atom stereocenters. The van der Waals surface area contributed by atoms with Gasteiger partial charge in [-0.25, -0.2) is 0 Å². The van der Waals surface area contributed by atoms with Crippen LogP contribution in [-0.2, 0) is 15.6 Å². The molecule has 38 heavy (non-hydrogen) atoms. The third-order valence-corrected chi connectivity index (χ3v) is 12.5. The van der Waals surface area contributed by atoms with Crippen molar-refractivity contribution in [2.45, 2.75) is 64.3 Å². The average Bonchev–Trinajstić information content (AvgIpc) is 2.85. The summed E-state index contributed by atoms with van der Waals surface area (Å²) in [6.07, 6.45) is 0.188. The third-order valence-electron chi connectivity index (χ3n) is 7.95. The van der Waals surface area contributed by atoms with Crippen molar-refractivity contribution in [2.75, 3.05) is 35.0 Å². The average molecular weight is 543 g/mol. The maximum Gasteiger partial charge on any atom is 0.191 e. The van der Waals surface area contributed by atoms with Gasteiger partial charge in [0.1, 0.15) is 28.6 Å². The number of benzene rings is 3. The molecule has 0 bridgehead atoms. The van der Waals surface area contributed by atoms with Crippen molar-refractivity contribution >= 4 is 35.6 Å². The van der Waals surface area contributed by atoms with Gasteiger partial charge in [0.25, 0.3) is 0 Å². The van der Waals surface area contributed by atoms with E-state index in [0.717, 1.165) is 10.8 Å². The number of hydrogen-bond donors (Lipinski definition) is 1. The summed E-state index contributed by atoms with van der Waals surface area (Å²) in [6.45, 7) is 12.5. The second-order valence-corrected chi connectivity index (χ2v) is 16.1. The molecular weight excluding hydrogens is 500 g/mol. The number of ketones is 1. The molecule has 8 heteroatoms. The van der Waals surface area contributed by atoms with Crippen LogP contribution >= 0.6 is 0 Å². The van der Waals surface area contributed by atoms with E-state index < -0.39 is 13.9 Å². The van der Waals surface area contributed by atoms with Crippen molar-refractivity contribution in [2.24, 2.45) is 0 Å². The summed E-state index contributed by atoms with van der Waals surface area (Å²) in [4.78, 5) is 12.8. The molecule has 3 aromatic rings. The summed E-state index contributed by atoms with van der Waals surface area (Å²) in [5.41, 5.74) is -1.03. The second-order valence-electron chi connectivity index (χ2n) is 11.3. The molecule has 0 amide bonds. The van der Waals surface area contributed by atoms with Crippen molar-refractivity contribution in [1.29, 1.82) is 0 Å². The van der Waals surface area contributed by atoms with Crippen molar-refractivity contribution in [3.63, 3.8) is 0 Å². The van der Waals surface area contributed by atoms with Crippen LogP contribution in [0.1, 0.15) is 39.7 Å². The van der Waals surface area contributed by atoms with Crippen molar-refractivity contribution in [3.05, 3.63) is 35.9 Å². The van der Waals surface area contributed by atoms with Gasteiger partial charge in [-0.1, -0.05) is 45.0 Å². The molecule has 0 heterocycles. The first kappa shape index (κ1) is 29.7. The zero-order valence-corrected chi connectivity index (χ0v) is 25.4. The van der Waals surface area contributed by atoms with E-state index >= 15 is 0 Å². The number of aliphatic hydroxyl groups is 1. The van der Waals surface area contributed by atoms with E-state index in [1.54, 1.807) is 34.5 Å². The largest absolute Gasteiger partial charge is 0.496 e. The van der Waals surface area contributed by atoms with Crippen molar-refractivity contribution in [1.82, 2.24) is 0 Å². The van der Waals surface area contributed by atoms with Gasteiger partial charge in [-0.05, 0) is 31.1 Å². The summed E-state index contributed by atoms with van der Waals surface area (Å²) in [7, 11) is 4.32. The highest BCUT2D eigenvalue weighted by molar-refractivity contribution is 6.74. The van der Waals surface area contributed by atoms with E-state index in [-0.39, 0.29) is 30.3 Å². The van der Waals surface area contributed by atoms with E-state index in [9.17, 15) is 9.90 Å². The zero-order chi connectivity index (χ0) is 28.5. The molecule has 0 fully saturated rings. The normalized spacial score (nSPS) is 13.9. The van der Waals surface area contributed by atoms with Crippen LogP contribution in [0.25, 0.3) is 21.5 Å². The number of fused-ring (bicyclic) bond motifs is 2. The Morgan fingerprint density at radius 2 is 1.39 bits per heavy atom. The topological polar surface area (TPSA) is 83.5 Å². The minimum absolute atomic E-state index is 0.0225. The summed E-state index contributed by atoms with van der Waals surface area (Å²) in [6, 6.07) is 9.60. The highest BCUT2D eigenvalue weighted by Crippen LogP contribution is 2.51. The number of carbonyl (C=O) groups excluding carboxylic acids is 1. The fourth-order valence-corrected chi connectivity index (χ4v) is 5.67. The Morgan fingerprint density at radius 1 is 0.868 bits per heavy atom. The second kappa shape index (κ2) is 11.1. The molecule has 0 aliphatic rings. The fraction of sp³-hybridized carbons (Fsp3) is 0.500. The smallest absolute Gasteiger partial charge is 0.191 e. The first-order valence-corrected chi connectivity index (χ1v) is 15.7. The Labute approximate surface area is 227 Å². The molecule has 1 N–H and O–H groups in total. The Balaban J connectivity index is 2.20. The summed E-state index contributed by atoms with van der Waals surface area (Å²) in [5.74, 6) is 1.91. The molecule has 1 unspecified atom stereocenters. The minimum Gasteiger partial charge on any atom is -0.496 e. The van der Waals surface area contributed by atoms with Crippen LogP contribution in [0, 0.1) is 0 Å². The van der Waals surface area contributed by atoms with Crippen LogP contribution in [0.5, 0.6) is 23.0 Å². The first-order valence-electron chi connectivity index (χ1n) is 12.8. The molecule has 0 aliphatic heterocycles. The molecule has 0 aromatic heterocycles. The number of Topliss-reactive ketones (excluding diaryl/α,β-unsaturated/α-hetero) is 1. The lowest BCUT2D eigenvalue weighted by atomic mass is 9.86. The van der Waals surface area contributed by atoms with Gasteiger partial charge in [0.2, 0.25) is 0 Å². The van der Waals surface area contributed by atoms with Gasteiger partial charge < -0.3 is 28.5 Å². The lowest BCUT2D eigenvalue weighted by molar-refractivity contribution is -0.136. The van der Waals surface area contributed by atoms with Gasteiger partial charge in [0.05, 0.1) is 39.2 Å². The minimum atomic E-state index is -2.05. The van der Waals surface area contributed by atoms with Crippen molar-refractivity contribution < 1.29 is 33.3 Å². The molecule has 208 valence electrons. The number of rotatable bonds is 11. The number of ether oxygens (including phenoxy) is 4. The Morgan fingerprint density at radius 3 is 1.84 bits per heavy atom. The monoisotopic (exact) mass is 542 g/mol. The van der Waals surface area contributed by atoms with E-state index in [0.29, 0.717) is 39.3 Å². The van der Waals surface area contributed by atoms with Gasteiger partial charge in [-0.2, -0.15) is 0 Å². The first-order chi connectivity index (χ1) is 17.8. The summed E-state index contributed by atoms with van der Waals surface area (Å²) >= 11 is 0. The van der Waals surface area contributed by atoms with E-state index in [4.69, 9.17) is 23.4 Å². The van der Waals surface area contributed by atoms with Crippen molar-refractivity contribution in [3.8, 4) is 23.0 Å². The highest BCUT2D eigenvalue weighted by atomic mass is 28.4. The molecule has 0 aliphatic carbocycles. The van der Waals surface area contributed by atoms with E-state index in [1.165, 1.54) is 6.92 Å². The van der Waals surface area contributed by atoms with Crippen LogP contribution < -0.4 is 18.9 Å². The molecule has 3 rings (SSSR count). The van der Waals surface area contributed by atoms with E-state index in [2.05, 4.69) is 33.9 Å². The molecule has 3 aromatic carbocycles. The molecule has 0 spiro atoms. The van der Waals surface area contributed by atoms with Gasteiger partial charge in [-0.3, -0.25) is 4.79 Å². The number of hydrogen-bond acceptors (Lipinski definition) is 7. The standard InChI is InChI=1S/C30H42O7Si/c1-19(31)30(32,15-16-37-38(9,10)29(2,3)4)18-20-17-23(33-5)24-25(26(20)34-6)28(36-8)22-14-12-11-13-21(22)27(24)35-7/h11-14,17,32H,15-16,18H2,1-10H3. The molecule has 7 nitrogen and oxygen atoms in total. The lowest BCUT2D eigenvalue weighted by Crippen LogP contribution is -2.45. The SMILES string of the molecule is COc1cc(CC(O)(CCO[Si](C)(C)C(C)(C)C)C(C)=O)c(OC)c2c(OC)c3ccccc3c(OC)c12. The van der Waals surface area contributed by atoms with Crippen LogP contribution in [0.2, 0.25) is 18.1 Å². The zero-order valence-electron chi connectivity index (χ0n) is 24.4. The highest BCUT2D eigenvalue weighted by Gasteiger charge is 2.40. The maximum atomic E-state index is 12.8. The Kier molecular flexibility index (Phi) is 8.70. The fourth-order valence-electron chi connectivity index (χ4n) is 4.63. The van der Waals surface area contributed by atoms with Crippen LogP contribution in [0.15, 0.2) is 30.3 Å². The lowest BCUT2D eigenvalue weighted by Gasteiger charge is -2.37. The molecule has 0 saturated carbocycles. The number of methoxy groups -OCH3 is 4. The summed E-state index contributed by atoms with van der Waals surface area (Å²) in [5, 5.41) is 14.7. The Bertz CT molecular complexity index is 1330. The van der Waals surface area contributed by atoms with Gasteiger partial charge >= 0.3 is 0 Å². The maximum absolute atomic E-state index is 12.8. The van der Waals surface area contributed by atoms with Crippen LogP contribution in [-0.4, -0.2) is 59.9 Å². The predicted octanol–water partition coefficient (Wildman–Crippen LogP) is 6.30. The molecular formula is C30H42O7Si. The van der Waals surface area contributed by atoms with Gasteiger partial charge in [0.15, 0.2) is 14.1 Å². The third kappa shape index (κ3) is 5.35. The summed E-state index contributed by atoms with van der Waals surface area (Å²) < 4.78 is 29.8. The molecule has 0 radical (unpaired) electrons. The van der Waals surface area contributed by atoms with Gasteiger partial charge in [0, 0.05) is 35.8 Å². The quantitative estimate of drug-likeness (QED) is 0.225.